The van der Waals surface area contributed by atoms with Crippen molar-refractivity contribution in [1.29, 1.82) is 0 Å². The second-order valence-corrected chi connectivity index (χ2v) is 7.07. The van der Waals surface area contributed by atoms with E-state index in [1.54, 1.807) is 0 Å². The first-order chi connectivity index (χ1) is 14.9. The zero-order valence-electron chi connectivity index (χ0n) is 18.1. The van der Waals surface area contributed by atoms with E-state index in [1.807, 2.05) is 0 Å². The molecule has 1 aromatic heterocycles. The van der Waals surface area contributed by atoms with Crippen LogP contribution in [0, 0.1) is 6.92 Å². The highest BCUT2D eigenvalue weighted by Crippen LogP contribution is 2.34. The number of H-pyrrole nitrogens is 1. The lowest BCUT2D eigenvalue weighted by Crippen LogP contribution is -2.61. The molecule has 0 radical (unpaired) electrons. The number of nitrogens with one attached hydrogen (secondary N) is 1. The smallest absolute Gasteiger partial charge is 0.330 e. The molecule has 2 unspecified atom stereocenters. The molecule has 1 fully saturated rings. The Labute approximate surface area is 181 Å². The quantitative estimate of drug-likeness (QED) is 0.416. The van der Waals surface area contributed by atoms with Crippen molar-refractivity contribution in [2.45, 2.75) is 65.3 Å². The van der Waals surface area contributed by atoms with E-state index >= 15 is 0 Å². The number of ether oxygens (including phenoxy) is 5. The largest absolute Gasteiger partial charge is 0.463 e. The van der Waals surface area contributed by atoms with Gasteiger partial charge in [-0.3, -0.25) is 33.5 Å². The molecular weight excluding hydrogens is 432 g/mol. The highest BCUT2D eigenvalue weighted by molar-refractivity contribution is 5.68. The third kappa shape index (κ3) is 6.03. The van der Waals surface area contributed by atoms with E-state index in [2.05, 4.69) is 4.98 Å². The maximum atomic E-state index is 12.5. The van der Waals surface area contributed by atoms with Gasteiger partial charge in [-0.25, -0.2) is 4.79 Å². The topological polar surface area (TPSA) is 169 Å². The molecule has 1 aliphatic heterocycles. The Hall–Kier alpha value is -3.48. The lowest BCUT2D eigenvalue weighted by Gasteiger charge is -2.44. The van der Waals surface area contributed by atoms with Gasteiger partial charge in [-0.1, -0.05) is 0 Å². The molecule has 13 heteroatoms. The van der Waals surface area contributed by atoms with Crippen LogP contribution in [-0.2, 0) is 42.9 Å². The van der Waals surface area contributed by atoms with Gasteiger partial charge in [-0.05, 0) is 6.92 Å². The number of aryl methyl sites for hydroxylation is 1. The lowest BCUT2D eigenvalue weighted by molar-refractivity contribution is -0.269. The predicted molar refractivity (Wildman–Crippen MR) is 103 cm³/mol. The van der Waals surface area contributed by atoms with Crippen molar-refractivity contribution in [2.24, 2.45) is 0 Å². The molecule has 1 aliphatic rings. The first-order valence-electron chi connectivity index (χ1n) is 9.53. The van der Waals surface area contributed by atoms with Gasteiger partial charge in [0.25, 0.3) is 5.56 Å². The summed E-state index contributed by atoms with van der Waals surface area (Å²) in [5.74, 6) is -3.06. The first-order valence-corrected chi connectivity index (χ1v) is 9.53. The average Bonchev–Trinajstić information content (AvgIpc) is 2.65. The van der Waals surface area contributed by atoms with Crippen LogP contribution in [-0.4, -0.2) is 64.5 Å². The van der Waals surface area contributed by atoms with Gasteiger partial charge in [0.15, 0.2) is 24.5 Å². The van der Waals surface area contributed by atoms with E-state index in [0.717, 1.165) is 32.3 Å². The third-order valence-corrected chi connectivity index (χ3v) is 4.39. The molecule has 176 valence electrons. The number of esters is 4. The summed E-state index contributed by atoms with van der Waals surface area (Å²) in [6.07, 6.45) is -5.73. The van der Waals surface area contributed by atoms with Gasteiger partial charge in [0.2, 0.25) is 0 Å². The van der Waals surface area contributed by atoms with Crippen LogP contribution in [0.4, 0.5) is 0 Å². The molecule has 0 spiro atoms. The Balaban J connectivity index is 2.65. The number of aromatic nitrogens is 2. The SMILES string of the molecule is CC(=O)OCC1O[C@@H](n2cc(C)c(=O)[nH]c2=O)C(OC(C)=O)[C@@H](OC(C)=O)[C@H]1OC(C)=O. The molecule has 5 atom stereocenters. The molecule has 1 N–H and O–H groups in total. The molecular formula is C19H24N2O11. The molecule has 0 aliphatic carbocycles. The highest BCUT2D eigenvalue weighted by atomic mass is 16.7. The predicted octanol–water partition coefficient (Wildman–Crippen LogP) is -0.899. The summed E-state index contributed by atoms with van der Waals surface area (Å²) in [6.45, 7) is 5.39. The van der Waals surface area contributed by atoms with Crippen LogP contribution in [0.2, 0.25) is 0 Å². The van der Waals surface area contributed by atoms with Crippen LogP contribution in [0.1, 0.15) is 39.5 Å². The summed E-state index contributed by atoms with van der Waals surface area (Å²) >= 11 is 0. The molecule has 1 saturated heterocycles. The second-order valence-electron chi connectivity index (χ2n) is 7.07. The minimum Gasteiger partial charge on any atom is -0.463 e. The number of carbonyl (C=O) groups is 4. The minimum atomic E-state index is -1.46. The molecule has 13 nitrogen and oxygen atoms in total. The van der Waals surface area contributed by atoms with Crippen molar-refractivity contribution in [3.63, 3.8) is 0 Å². The lowest BCUT2D eigenvalue weighted by atomic mass is 9.97. The van der Waals surface area contributed by atoms with Crippen LogP contribution in [0.15, 0.2) is 15.8 Å². The van der Waals surface area contributed by atoms with E-state index in [9.17, 15) is 28.8 Å². The Morgan fingerprint density at radius 3 is 1.97 bits per heavy atom. The monoisotopic (exact) mass is 456 g/mol. The Morgan fingerprint density at radius 2 is 1.44 bits per heavy atom. The molecule has 2 rings (SSSR count). The van der Waals surface area contributed by atoms with Crippen LogP contribution in [0.3, 0.4) is 0 Å². The van der Waals surface area contributed by atoms with Crippen LogP contribution >= 0.6 is 0 Å². The molecule has 1 aromatic rings. The number of aromatic amines is 1. The van der Waals surface area contributed by atoms with Crippen LogP contribution < -0.4 is 11.2 Å². The maximum absolute atomic E-state index is 12.5. The van der Waals surface area contributed by atoms with Gasteiger partial charge in [0.1, 0.15) is 12.7 Å². The fourth-order valence-corrected chi connectivity index (χ4v) is 3.20. The molecule has 0 aromatic carbocycles. The van der Waals surface area contributed by atoms with Crippen molar-refractivity contribution in [3.05, 3.63) is 32.6 Å². The standard InChI is InChI=1S/C19H24N2O11/c1-8-6-21(19(27)20-17(8)26)18-16(31-12(5)25)15(30-11(4)24)14(29-10(3)23)13(32-18)7-28-9(2)22/h6,13-16,18H,7H2,1-5H3,(H,20,26,27)/t13?,14-,15-,16?,18+/m0/s1. The number of carbonyl (C=O) groups excluding carboxylic acids is 4. The summed E-state index contributed by atoms with van der Waals surface area (Å²) in [4.78, 5) is 73.0. The summed E-state index contributed by atoms with van der Waals surface area (Å²) < 4.78 is 27.6. The molecule has 0 bridgehead atoms. The van der Waals surface area contributed by atoms with E-state index in [-0.39, 0.29) is 5.56 Å². The normalized spacial score (nSPS) is 24.8. The third-order valence-electron chi connectivity index (χ3n) is 4.39. The van der Waals surface area contributed by atoms with Crippen molar-refractivity contribution >= 4 is 23.9 Å². The summed E-state index contributed by atoms with van der Waals surface area (Å²) in [6, 6.07) is 0. The minimum absolute atomic E-state index is 0.137. The molecule has 2 heterocycles. The van der Waals surface area contributed by atoms with Crippen molar-refractivity contribution in [1.82, 2.24) is 9.55 Å². The summed E-state index contributed by atoms with van der Waals surface area (Å²) in [5.41, 5.74) is -1.41. The van der Waals surface area contributed by atoms with Crippen LogP contribution in [0.25, 0.3) is 0 Å². The Kier molecular flexibility index (Phi) is 7.92. The number of nitrogens with zero attached hydrogens (tertiary/aromatic N) is 1. The number of hydrogen-bond donors (Lipinski definition) is 1. The summed E-state index contributed by atoms with van der Waals surface area (Å²) in [7, 11) is 0. The van der Waals surface area contributed by atoms with E-state index < -0.39 is 72.4 Å². The average molecular weight is 456 g/mol. The zero-order valence-corrected chi connectivity index (χ0v) is 18.1. The van der Waals surface area contributed by atoms with Gasteiger partial charge in [-0.15, -0.1) is 0 Å². The van der Waals surface area contributed by atoms with E-state index in [4.69, 9.17) is 23.7 Å². The fourth-order valence-electron chi connectivity index (χ4n) is 3.20. The van der Waals surface area contributed by atoms with E-state index in [0.29, 0.717) is 0 Å². The van der Waals surface area contributed by atoms with Crippen molar-refractivity contribution in [3.8, 4) is 0 Å². The Bertz CT molecular complexity index is 1010. The highest BCUT2D eigenvalue weighted by Gasteiger charge is 2.53. The second kappa shape index (κ2) is 10.2. The van der Waals surface area contributed by atoms with Crippen molar-refractivity contribution in [2.75, 3.05) is 6.61 Å². The van der Waals surface area contributed by atoms with Gasteiger partial charge in [0, 0.05) is 39.5 Å². The van der Waals surface area contributed by atoms with Crippen LogP contribution in [0.5, 0.6) is 0 Å². The van der Waals surface area contributed by atoms with E-state index in [1.165, 1.54) is 13.1 Å². The summed E-state index contributed by atoms with van der Waals surface area (Å²) in [5, 5.41) is 0. The number of hydrogen-bond acceptors (Lipinski definition) is 11. The molecule has 0 amide bonds. The van der Waals surface area contributed by atoms with Crippen molar-refractivity contribution < 1.29 is 42.9 Å². The van der Waals surface area contributed by atoms with Gasteiger partial charge in [-0.2, -0.15) is 0 Å². The fraction of sp³-hybridized carbons (Fsp3) is 0.579. The van der Waals surface area contributed by atoms with Gasteiger partial charge in [0.05, 0.1) is 0 Å². The zero-order chi connectivity index (χ0) is 24.2. The van der Waals surface area contributed by atoms with Gasteiger partial charge >= 0.3 is 29.6 Å². The number of rotatable bonds is 6. The Morgan fingerprint density at radius 1 is 0.906 bits per heavy atom. The molecule has 0 saturated carbocycles. The molecule has 32 heavy (non-hydrogen) atoms. The van der Waals surface area contributed by atoms with Gasteiger partial charge < -0.3 is 23.7 Å². The maximum Gasteiger partial charge on any atom is 0.330 e. The first kappa shape index (κ1) is 24.8.